The minimum absolute atomic E-state index is 0.206. The summed E-state index contributed by atoms with van der Waals surface area (Å²) in [5.74, 6) is 0. The number of aromatic nitrogens is 1. The summed E-state index contributed by atoms with van der Waals surface area (Å²) < 4.78 is 5.34. The number of nitrogens with zero attached hydrogens (tertiary/aromatic N) is 2. The molecule has 0 aliphatic heterocycles. The number of rotatable bonds is 3. The largest absolute Gasteiger partial charge is 0.409 e. The molecule has 0 aliphatic rings. The molecule has 0 bridgehead atoms. The first-order valence-corrected chi connectivity index (χ1v) is 6.99. The predicted octanol–water partition coefficient (Wildman–Crippen LogP) is 5.40. The maximum absolute atomic E-state index is 6.06. The standard InChI is InChI=1S/C16H10Cl2N2O/c17-13-8-6-12(7-9-13)14-15(18)21-16(20-14)19-10-11-4-2-1-3-5-11/h1-10H/b19-10+. The van der Waals surface area contributed by atoms with Crippen molar-refractivity contribution < 1.29 is 4.42 Å². The van der Waals surface area contributed by atoms with Crippen molar-refractivity contribution in [2.75, 3.05) is 0 Å². The number of hydrogen-bond donors (Lipinski definition) is 0. The van der Waals surface area contributed by atoms with Gasteiger partial charge < -0.3 is 4.42 Å². The first-order chi connectivity index (χ1) is 10.2. The first kappa shape index (κ1) is 13.9. The van der Waals surface area contributed by atoms with E-state index in [-0.39, 0.29) is 11.2 Å². The summed E-state index contributed by atoms with van der Waals surface area (Å²) in [6.07, 6.45) is 1.67. The molecule has 0 saturated heterocycles. The van der Waals surface area contributed by atoms with E-state index in [0.717, 1.165) is 11.1 Å². The van der Waals surface area contributed by atoms with Gasteiger partial charge in [-0.05, 0) is 29.3 Å². The third kappa shape index (κ3) is 3.32. The summed E-state index contributed by atoms with van der Waals surface area (Å²) in [5.41, 5.74) is 2.34. The molecule has 3 rings (SSSR count). The zero-order valence-corrected chi connectivity index (χ0v) is 12.3. The molecule has 2 aromatic carbocycles. The summed E-state index contributed by atoms with van der Waals surface area (Å²) in [6, 6.07) is 17.1. The molecule has 0 aliphatic carbocycles. The van der Waals surface area contributed by atoms with Crippen LogP contribution in [0.25, 0.3) is 11.3 Å². The Hall–Kier alpha value is -2.10. The molecule has 0 unspecified atom stereocenters. The lowest BCUT2D eigenvalue weighted by Gasteiger charge is -1.95. The molecular weight excluding hydrogens is 307 g/mol. The van der Waals surface area contributed by atoms with Gasteiger partial charge in [-0.2, -0.15) is 4.98 Å². The van der Waals surface area contributed by atoms with Crippen LogP contribution in [0.1, 0.15) is 5.56 Å². The minimum Gasteiger partial charge on any atom is -0.409 e. The quantitative estimate of drug-likeness (QED) is 0.607. The van der Waals surface area contributed by atoms with Gasteiger partial charge in [0.05, 0.1) is 0 Å². The van der Waals surface area contributed by atoms with E-state index in [1.165, 1.54) is 0 Å². The van der Waals surface area contributed by atoms with Crippen molar-refractivity contribution in [3.8, 4) is 11.3 Å². The van der Waals surface area contributed by atoms with Crippen molar-refractivity contribution in [3.05, 3.63) is 70.4 Å². The van der Waals surface area contributed by atoms with Gasteiger partial charge in [0, 0.05) is 16.8 Å². The van der Waals surface area contributed by atoms with Crippen molar-refractivity contribution >= 4 is 35.4 Å². The number of aliphatic imine (C=N–C) groups is 1. The number of hydrogen-bond acceptors (Lipinski definition) is 3. The molecule has 0 amide bonds. The maximum Gasteiger partial charge on any atom is 0.323 e. The van der Waals surface area contributed by atoms with Crippen molar-refractivity contribution in [2.24, 2.45) is 4.99 Å². The number of halogens is 2. The Balaban J connectivity index is 1.88. The van der Waals surface area contributed by atoms with Gasteiger partial charge in [0.15, 0.2) is 0 Å². The highest BCUT2D eigenvalue weighted by Crippen LogP contribution is 2.31. The Bertz CT molecular complexity index is 765. The average molecular weight is 317 g/mol. The minimum atomic E-state index is 0.206. The van der Waals surface area contributed by atoms with Crippen LogP contribution < -0.4 is 0 Å². The van der Waals surface area contributed by atoms with E-state index in [1.54, 1.807) is 18.3 Å². The second-order valence-electron chi connectivity index (χ2n) is 4.29. The Labute approximate surface area is 131 Å². The molecule has 104 valence electrons. The zero-order valence-electron chi connectivity index (χ0n) is 10.8. The summed E-state index contributed by atoms with van der Waals surface area (Å²) in [5, 5.41) is 0.859. The van der Waals surface area contributed by atoms with Crippen molar-refractivity contribution in [1.82, 2.24) is 4.98 Å². The fourth-order valence-corrected chi connectivity index (χ4v) is 2.15. The van der Waals surface area contributed by atoms with Crippen molar-refractivity contribution in [1.29, 1.82) is 0 Å². The van der Waals surface area contributed by atoms with Crippen LogP contribution in [-0.2, 0) is 0 Å². The van der Waals surface area contributed by atoms with Gasteiger partial charge >= 0.3 is 6.01 Å². The van der Waals surface area contributed by atoms with E-state index >= 15 is 0 Å². The number of oxazole rings is 1. The molecule has 3 aromatic rings. The van der Waals surface area contributed by atoms with Crippen LogP contribution in [-0.4, -0.2) is 11.2 Å². The van der Waals surface area contributed by atoms with Gasteiger partial charge in [-0.15, -0.1) is 0 Å². The molecule has 0 radical (unpaired) electrons. The van der Waals surface area contributed by atoms with Gasteiger partial charge in [0.25, 0.3) is 0 Å². The third-order valence-corrected chi connectivity index (χ3v) is 3.32. The molecular formula is C16H10Cl2N2O. The van der Waals surface area contributed by atoms with Gasteiger partial charge in [-0.3, -0.25) is 0 Å². The fraction of sp³-hybridized carbons (Fsp3) is 0. The molecule has 1 heterocycles. The van der Waals surface area contributed by atoms with Crippen molar-refractivity contribution in [2.45, 2.75) is 0 Å². The normalized spacial score (nSPS) is 11.1. The second kappa shape index (κ2) is 6.12. The molecule has 0 N–H and O–H groups in total. The van der Waals surface area contributed by atoms with Crippen LogP contribution in [0.5, 0.6) is 0 Å². The molecule has 3 nitrogen and oxygen atoms in total. The predicted molar refractivity (Wildman–Crippen MR) is 85.7 cm³/mol. The van der Waals surface area contributed by atoms with Gasteiger partial charge in [-0.1, -0.05) is 54.1 Å². The molecule has 1 aromatic heterocycles. The lowest BCUT2D eigenvalue weighted by Crippen LogP contribution is -1.79. The van der Waals surface area contributed by atoms with Crippen molar-refractivity contribution in [3.63, 3.8) is 0 Å². The highest BCUT2D eigenvalue weighted by molar-refractivity contribution is 6.31. The Morgan fingerprint density at radius 2 is 1.67 bits per heavy atom. The third-order valence-electron chi connectivity index (χ3n) is 2.82. The molecule has 5 heteroatoms. The SMILES string of the molecule is Clc1ccc(-c2nc(/N=C/c3ccccc3)oc2Cl)cc1. The molecule has 21 heavy (non-hydrogen) atoms. The van der Waals surface area contributed by atoms with Crippen LogP contribution in [0.3, 0.4) is 0 Å². The van der Waals surface area contributed by atoms with E-state index in [0.29, 0.717) is 10.7 Å². The van der Waals surface area contributed by atoms with Crippen LogP contribution in [0, 0.1) is 0 Å². The summed E-state index contributed by atoms with van der Waals surface area (Å²) in [6.45, 7) is 0. The van der Waals surface area contributed by atoms with E-state index in [1.807, 2.05) is 42.5 Å². The zero-order chi connectivity index (χ0) is 14.7. The van der Waals surface area contributed by atoms with E-state index < -0.39 is 0 Å². The Kier molecular flexibility index (Phi) is 4.04. The van der Waals surface area contributed by atoms with Crippen LogP contribution in [0.2, 0.25) is 10.2 Å². The van der Waals surface area contributed by atoms with Gasteiger partial charge in [0.1, 0.15) is 5.69 Å². The van der Waals surface area contributed by atoms with Gasteiger partial charge in [-0.25, -0.2) is 4.99 Å². The van der Waals surface area contributed by atoms with Crippen LogP contribution in [0.15, 0.2) is 64.0 Å². The molecule has 0 fully saturated rings. The molecule has 0 spiro atoms. The molecule has 0 atom stereocenters. The van der Waals surface area contributed by atoms with Crippen LogP contribution in [0.4, 0.5) is 6.01 Å². The summed E-state index contributed by atoms with van der Waals surface area (Å²) in [4.78, 5) is 8.47. The maximum atomic E-state index is 6.06. The number of benzene rings is 2. The van der Waals surface area contributed by atoms with E-state index in [2.05, 4.69) is 9.98 Å². The fourth-order valence-electron chi connectivity index (χ4n) is 1.80. The Morgan fingerprint density at radius 3 is 2.38 bits per heavy atom. The molecule has 0 saturated carbocycles. The monoisotopic (exact) mass is 316 g/mol. The lowest BCUT2D eigenvalue weighted by atomic mass is 10.2. The van der Waals surface area contributed by atoms with E-state index in [9.17, 15) is 0 Å². The topological polar surface area (TPSA) is 38.4 Å². The summed E-state index contributed by atoms with van der Waals surface area (Å²) in [7, 11) is 0. The second-order valence-corrected chi connectivity index (χ2v) is 5.07. The average Bonchev–Trinajstić information content (AvgIpc) is 2.88. The Morgan fingerprint density at radius 1 is 0.952 bits per heavy atom. The van der Waals surface area contributed by atoms with Crippen LogP contribution >= 0.6 is 23.2 Å². The highest BCUT2D eigenvalue weighted by Gasteiger charge is 2.12. The summed E-state index contributed by atoms with van der Waals surface area (Å²) >= 11 is 11.9. The van der Waals surface area contributed by atoms with E-state index in [4.69, 9.17) is 27.6 Å². The highest BCUT2D eigenvalue weighted by atomic mass is 35.5. The van der Waals surface area contributed by atoms with Gasteiger partial charge in [0.2, 0.25) is 5.22 Å². The lowest BCUT2D eigenvalue weighted by molar-refractivity contribution is 0.572. The smallest absolute Gasteiger partial charge is 0.323 e. The first-order valence-electron chi connectivity index (χ1n) is 6.24.